The second-order valence-corrected chi connectivity index (χ2v) is 6.02. The van der Waals surface area contributed by atoms with Gasteiger partial charge in [-0.15, -0.1) is 0 Å². The lowest BCUT2D eigenvalue weighted by Gasteiger charge is -2.18. The van der Waals surface area contributed by atoms with Gasteiger partial charge in [-0.05, 0) is 17.4 Å². The van der Waals surface area contributed by atoms with Gasteiger partial charge in [0.15, 0.2) is 0 Å². The first-order valence-electron chi connectivity index (χ1n) is 6.85. The number of aryl methyl sites for hydroxylation is 1. The third-order valence-corrected chi connectivity index (χ3v) is 3.27. The number of hydrogen-bond donors (Lipinski definition) is 1. The summed E-state index contributed by atoms with van der Waals surface area (Å²) in [6.07, 6.45) is 2.97. The maximum Gasteiger partial charge on any atom is 0.115 e. The van der Waals surface area contributed by atoms with E-state index in [-0.39, 0.29) is 5.41 Å². The highest BCUT2D eigenvalue weighted by atomic mass is 15.3. The zero-order valence-corrected chi connectivity index (χ0v) is 12.3. The molecule has 0 bridgehead atoms. The largest absolute Gasteiger partial charge is 0.396 e. The predicted molar refractivity (Wildman–Crippen MR) is 81.1 cm³/mol. The molecule has 0 atom stereocenters. The quantitative estimate of drug-likeness (QED) is 0.908. The minimum atomic E-state index is 0.172. The molecule has 1 aromatic carbocycles. The number of aromatic nitrogens is 2. The summed E-state index contributed by atoms with van der Waals surface area (Å²) in [5, 5.41) is 4.55. The van der Waals surface area contributed by atoms with Crippen LogP contribution < -0.4 is 5.73 Å². The van der Waals surface area contributed by atoms with Crippen molar-refractivity contribution in [2.45, 2.75) is 46.1 Å². The van der Waals surface area contributed by atoms with E-state index in [2.05, 4.69) is 57.1 Å². The number of nitrogens with two attached hydrogens (primary N) is 1. The van der Waals surface area contributed by atoms with Crippen LogP contribution in [-0.4, -0.2) is 9.78 Å². The molecule has 3 nitrogen and oxygen atoms in total. The highest BCUT2D eigenvalue weighted by Crippen LogP contribution is 2.28. The van der Waals surface area contributed by atoms with Crippen LogP contribution >= 0.6 is 0 Å². The van der Waals surface area contributed by atoms with E-state index < -0.39 is 0 Å². The fraction of sp³-hybridized carbons (Fsp3) is 0.438. The Morgan fingerprint density at radius 3 is 2.32 bits per heavy atom. The number of hydrogen-bond acceptors (Lipinski definition) is 2. The van der Waals surface area contributed by atoms with E-state index in [1.54, 1.807) is 0 Å². The van der Waals surface area contributed by atoms with Crippen LogP contribution in [0.3, 0.4) is 0 Å². The van der Waals surface area contributed by atoms with Crippen molar-refractivity contribution in [2.24, 2.45) is 0 Å². The lowest BCUT2D eigenvalue weighted by molar-refractivity contribution is 0.590. The fourth-order valence-electron chi connectivity index (χ4n) is 2.13. The molecule has 0 unspecified atom stereocenters. The first-order chi connectivity index (χ1) is 8.91. The minimum Gasteiger partial charge on any atom is -0.396 e. The van der Waals surface area contributed by atoms with Gasteiger partial charge in [-0.3, -0.25) is 4.68 Å². The fourth-order valence-corrected chi connectivity index (χ4v) is 2.13. The van der Waals surface area contributed by atoms with Crippen molar-refractivity contribution in [1.82, 2.24) is 9.78 Å². The van der Waals surface area contributed by atoms with Gasteiger partial charge in [-0.2, -0.15) is 5.10 Å². The molecule has 0 aliphatic carbocycles. The summed E-state index contributed by atoms with van der Waals surface area (Å²) in [6.45, 7) is 9.69. The monoisotopic (exact) mass is 257 g/mol. The van der Waals surface area contributed by atoms with Crippen LogP contribution in [0.5, 0.6) is 0 Å². The molecule has 2 rings (SSSR count). The topological polar surface area (TPSA) is 43.8 Å². The standard InChI is InChI=1S/C16H23N3/c1-5-10-19-11-14(17)15(18-19)12-6-8-13(9-7-12)16(2,3)4/h6-9,11H,5,10,17H2,1-4H3. The van der Waals surface area contributed by atoms with E-state index >= 15 is 0 Å². The molecular weight excluding hydrogens is 234 g/mol. The van der Waals surface area contributed by atoms with E-state index in [9.17, 15) is 0 Å². The average Bonchev–Trinajstić information content (AvgIpc) is 2.70. The smallest absolute Gasteiger partial charge is 0.115 e. The van der Waals surface area contributed by atoms with Gasteiger partial charge in [0, 0.05) is 18.3 Å². The van der Waals surface area contributed by atoms with Crippen LogP contribution in [0.4, 0.5) is 5.69 Å². The lowest BCUT2D eigenvalue weighted by atomic mass is 9.86. The Kier molecular flexibility index (Phi) is 3.65. The van der Waals surface area contributed by atoms with E-state index in [4.69, 9.17) is 5.73 Å². The number of anilines is 1. The van der Waals surface area contributed by atoms with Crippen molar-refractivity contribution in [1.29, 1.82) is 0 Å². The Hall–Kier alpha value is -1.77. The molecule has 0 fully saturated rings. The van der Waals surface area contributed by atoms with Crippen molar-refractivity contribution >= 4 is 5.69 Å². The zero-order chi connectivity index (χ0) is 14.0. The van der Waals surface area contributed by atoms with Gasteiger partial charge in [0.2, 0.25) is 0 Å². The molecule has 0 saturated carbocycles. The van der Waals surface area contributed by atoms with Crippen molar-refractivity contribution in [2.75, 3.05) is 5.73 Å². The Morgan fingerprint density at radius 1 is 1.16 bits per heavy atom. The van der Waals surface area contributed by atoms with Crippen molar-refractivity contribution < 1.29 is 0 Å². The molecule has 0 aliphatic heterocycles. The SMILES string of the molecule is CCCn1cc(N)c(-c2ccc(C(C)(C)C)cc2)n1. The predicted octanol–water partition coefficient (Wildman–Crippen LogP) is 3.84. The maximum absolute atomic E-state index is 6.04. The zero-order valence-electron chi connectivity index (χ0n) is 12.3. The highest BCUT2D eigenvalue weighted by molar-refractivity contribution is 5.72. The average molecular weight is 257 g/mol. The second-order valence-electron chi connectivity index (χ2n) is 6.02. The van der Waals surface area contributed by atoms with Crippen LogP contribution in [0, 0.1) is 0 Å². The van der Waals surface area contributed by atoms with Gasteiger partial charge in [-0.1, -0.05) is 52.0 Å². The lowest BCUT2D eigenvalue weighted by Crippen LogP contribution is -2.10. The van der Waals surface area contributed by atoms with E-state index in [0.29, 0.717) is 0 Å². The maximum atomic E-state index is 6.04. The number of nitrogen functional groups attached to an aromatic ring is 1. The normalized spacial score (nSPS) is 11.8. The van der Waals surface area contributed by atoms with E-state index in [0.717, 1.165) is 29.9 Å². The summed E-state index contributed by atoms with van der Waals surface area (Å²) >= 11 is 0. The summed E-state index contributed by atoms with van der Waals surface area (Å²) < 4.78 is 1.92. The Balaban J connectivity index is 2.32. The summed E-state index contributed by atoms with van der Waals surface area (Å²) in [4.78, 5) is 0. The van der Waals surface area contributed by atoms with Gasteiger partial charge >= 0.3 is 0 Å². The Labute approximate surface area is 115 Å². The molecule has 19 heavy (non-hydrogen) atoms. The van der Waals surface area contributed by atoms with Gasteiger partial charge < -0.3 is 5.73 Å². The molecule has 0 amide bonds. The molecule has 2 N–H and O–H groups in total. The number of rotatable bonds is 3. The summed E-state index contributed by atoms with van der Waals surface area (Å²) in [7, 11) is 0. The van der Waals surface area contributed by atoms with Gasteiger partial charge in [0.05, 0.1) is 5.69 Å². The summed E-state index contributed by atoms with van der Waals surface area (Å²) in [6, 6.07) is 8.53. The highest BCUT2D eigenvalue weighted by Gasteiger charge is 2.14. The van der Waals surface area contributed by atoms with Gasteiger partial charge in [0.1, 0.15) is 5.69 Å². The number of benzene rings is 1. The molecule has 0 aliphatic rings. The first kappa shape index (κ1) is 13.7. The third kappa shape index (κ3) is 2.98. The first-order valence-corrected chi connectivity index (χ1v) is 6.85. The van der Waals surface area contributed by atoms with Crippen molar-refractivity contribution in [3.63, 3.8) is 0 Å². The minimum absolute atomic E-state index is 0.172. The Bertz CT molecular complexity index is 544. The second kappa shape index (κ2) is 5.08. The molecule has 3 heteroatoms. The summed E-state index contributed by atoms with van der Waals surface area (Å²) in [5.74, 6) is 0. The van der Waals surface area contributed by atoms with Crippen LogP contribution in [-0.2, 0) is 12.0 Å². The number of nitrogens with zero attached hydrogens (tertiary/aromatic N) is 2. The van der Waals surface area contributed by atoms with Crippen LogP contribution in [0.2, 0.25) is 0 Å². The van der Waals surface area contributed by atoms with Crippen molar-refractivity contribution in [3.05, 3.63) is 36.0 Å². The van der Waals surface area contributed by atoms with E-state index in [1.165, 1.54) is 5.56 Å². The van der Waals surface area contributed by atoms with Gasteiger partial charge in [-0.25, -0.2) is 0 Å². The molecular formula is C16H23N3. The third-order valence-electron chi connectivity index (χ3n) is 3.27. The van der Waals surface area contributed by atoms with Crippen LogP contribution in [0.15, 0.2) is 30.5 Å². The molecule has 1 heterocycles. The molecule has 2 aromatic rings. The van der Waals surface area contributed by atoms with Crippen molar-refractivity contribution in [3.8, 4) is 11.3 Å². The van der Waals surface area contributed by atoms with Crippen LogP contribution in [0.25, 0.3) is 11.3 Å². The van der Waals surface area contributed by atoms with Gasteiger partial charge in [0.25, 0.3) is 0 Å². The molecule has 0 spiro atoms. The molecule has 0 saturated heterocycles. The molecule has 1 aromatic heterocycles. The summed E-state index contributed by atoms with van der Waals surface area (Å²) in [5.41, 5.74) is 10.3. The van der Waals surface area contributed by atoms with E-state index in [1.807, 2.05) is 10.9 Å². The van der Waals surface area contributed by atoms with Crippen LogP contribution in [0.1, 0.15) is 39.7 Å². The molecule has 0 radical (unpaired) electrons. The Morgan fingerprint density at radius 2 is 1.79 bits per heavy atom. The molecule has 102 valence electrons.